The molecule has 2 bridgehead atoms. The maximum atomic E-state index is 14.7. The second-order valence-corrected chi connectivity index (χ2v) is 19.9. The Morgan fingerprint density at radius 3 is 2.18 bits per heavy atom. The zero-order valence-corrected chi connectivity index (χ0v) is 32.0. The van der Waals surface area contributed by atoms with Gasteiger partial charge in [0.2, 0.25) is 4.87 Å². The summed E-state index contributed by atoms with van der Waals surface area (Å²) in [5.41, 5.74) is 2.47. The number of anilines is 1. The number of nitrogens with one attached hydrogen (secondary N) is 1. The molecule has 50 heavy (non-hydrogen) atoms. The lowest BCUT2D eigenvalue weighted by molar-refractivity contribution is -0.165. The summed E-state index contributed by atoms with van der Waals surface area (Å²) < 4.78 is 2.16. The Morgan fingerprint density at radius 2 is 1.48 bits per heavy atom. The van der Waals surface area contributed by atoms with Gasteiger partial charge < -0.3 is 34.8 Å². The van der Waals surface area contributed by atoms with E-state index in [4.69, 9.17) is 0 Å². The van der Waals surface area contributed by atoms with E-state index in [-0.39, 0.29) is 36.5 Å². The largest absolute Gasteiger partial charge is 0.392 e. The van der Waals surface area contributed by atoms with Gasteiger partial charge in [0.1, 0.15) is 11.7 Å². The van der Waals surface area contributed by atoms with Crippen LogP contribution in [-0.4, -0.2) is 131 Å². The number of fused-ring (bicyclic) bond motifs is 7. The van der Waals surface area contributed by atoms with E-state index >= 15 is 0 Å². The van der Waals surface area contributed by atoms with Gasteiger partial charge in [0.25, 0.3) is 23.6 Å². The van der Waals surface area contributed by atoms with E-state index in [1.807, 2.05) is 61.0 Å². The molecule has 5 fully saturated rings. The summed E-state index contributed by atoms with van der Waals surface area (Å²) in [6.07, 6.45) is 5.29. The highest BCUT2D eigenvalue weighted by atomic mass is 33.5. The van der Waals surface area contributed by atoms with Crippen LogP contribution >= 0.6 is 54.9 Å². The zero-order chi connectivity index (χ0) is 35.6. The van der Waals surface area contributed by atoms with Gasteiger partial charge in [-0.25, -0.2) is 0 Å². The molecule has 0 unspecified atom stereocenters. The third-order valence-electron chi connectivity index (χ3n) is 11.5. The lowest BCUT2D eigenvalue weighted by Gasteiger charge is -2.53. The summed E-state index contributed by atoms with van der Waals surface area (Å²) in [6.45, 7) is -1.04. The predicted molar refractivity (Wildman–Crippen MR) is 201 cm³/mol. The molecule has 0 radical (unpaired) electrons. The number of hydrogen-bond acceptors (Lipinski definition) is 12. The first-order valence-corrected chi connectivity index (χ1v) is 21.8. The standard InChI is InChI=1S/C33H36N6O6S5/c1-35-27(44)32(17-40,47-5)36(2)25(42)30(35,46-4)14-19-15-38(23-13-9-6-10-20(19)23)29-16-31-26(43)37(3)33(18-41,49-50-48-31)28(45)39(31)24(29)34-22-12-8-7-11-21(22)29/h6-13,15,24,34,40-41H,14,16-18H2,1-5H3/t24-,29+,30+,31+,32+,33+/m1/s1. The van der Waals surface area contributed by atoms with E-state index in [2.05, 4.69) is 9.88 Å². The number of carbonyl (C=O) groups is 4. The smallest absolute Gasteiger partial charge is 0.265 e. The number of nitrogens with zero attached hydrogens (tertiary/aromatic N) is 5. The van der Waals surface area contributed by atoms with Crippen LogP contribution in [0.2, 0.25) is 0 Å². The van der Waals surface area contributed by atoms with Crippen molar-refractivity contribution < 1.29 is 29.4 Å². The third-order valence-corrected chi connectivity index (χ3v) is 19.1. The van der Waals surface area contributed by atoms with Gasteiger partial charge in [0.05, 0.1) is 13.2 Å². The van der Waals surface area contributed by atoms with Crippen LogP contribution in [0.1, 0.15) is 17.5 Å². The molecule has 5 saturated heterocycles. The monoisotopic (exact) mass is 772 g/mol. The van der Waals surface area contributed by atoms with E-state index in [9.17, 15) is 29.4 Å². The molecule has 7 heterocycles. The molecule has 9 rings (SSSR count). The zero-order valence-electron chi connectivity index (χ0n) is 27.9. The Hall–Kier alpha value is -2.67. The van der Waals surface area contributed by atoms with E-state index < -0.39 is 44.4 Å². The van der Waals surface area contributed by atoms with Crippen LogP contribution in [0.15, 0.2) is 54.7 Å². The van der Waals surface area contributed by atoms with Crippen LogP contribution in [0.25, 0.3) is 10.9 Å². The van der Waals surface area contributed by atoms with Crippen LogP contribution in [0, 0.1) is 0 Å². The van der Waals surface area contributed by atoms with Crippen molar-refractivity contribution in [2.24, 2.45) is 0 Å². The molecule has 3 N–H and O–H groups in total. The number of para-hydroxylation sites is 2. The Morgan fingerprint density at radius 1 is 0.820 bits per heavy atom. The van der Waals surface area contributed by atoms with Crippen LogP contribution in [-0.2, 0) is 31.1 Å². The van der Waals surface area contributed by atoms with Gasteiger partial charge in [-0.15, -0.1) is 23.5 Å². The molecule has 1 spiro atoms. The van der Waals surface area contributed by atoms with E-state index in [1.54, 1.807) is 32.3 Å². The van der Waals surface area contributed by atoms with Gasteiger partial charge in [0.15, 0.2) is 14.6 Å². The molecule has 0 saturated carbocycles. The SMILES string of the molecule is CS[C@@]1(CO)C(=O)N(C)[C@@](Cc2cn([C@]34C[C@@]56SSS[C@@](CO)(C(=O)N5[C@H]3Nc3ccccc34)N(C)C6=O)c3ccccc23)(SC)C(=O)N1C. The first kappa shape index (κ1) is 34.4. The summed E-state index contributed by atoms with van der Waals surface area (Å²) in [4.78, 5) is 58.1. The van der Waals surface area contributed by atoms with Crippen LogP contribution in [0.5, 0.6) is 0 Å². The fraction of sp³-hybridized carbons (Fsp3) is 0.455. The van der Waals surface area contributed by atoms with Crippen molar-refractivity contribution in [3.63, 3.8) is 0 Å². The van der Waals surface area contributed by atoms with Gasteiger partial charge in [-0.2, -0.15) is 0 Å². The second-order valence-electron chi connectivity index (χ2n) is 13.3. The average Bonchev–Trinajstić information content (AvgIpc) is 3.70. The minimum atomic E-state index is -1.47. The Bertz CT molecular complexity index is 1990. The normalized spacial score (nSPS) is 34.7. The average molecular weight is 773 g/mol. The number of rotatable bonds is 7. The topological polar surface area (TPSA) is 139 Å². The molecule has 1 aromatic heterocycles. The second kappa shape index (κ2) is 11.4. The summed E-state index contributed by atoms with van der Waals surface area (Å²) >= 11 is 2.42. The van der Waals surface area contributed by atoms with Crippen molar-refractivity contribution in [1.29, 1.82) is 0 Å². The lowest BCUT2D eigenvalue weighted by Crippen LogP contribution is -2.74. The van der Waals surface area contributed by atoms with Gasteiger partial charge in [0, 0.05) is 62.3 Å². The highest BCUT2D eigenvalue weighted by molar-refractivity contribution is 9.10. The van der Waals surface area contributed by atoms with E-state index in [1.165, 1.54) is 57.9 Å². The first-order chi connectivity index (χ1) is 23.9. The predicted octanol–water partition coefficient (Wildman–Crippen LogP) is 2.85. The minimum Gasteiger partial charge on any atom is -0.392 e. The number of likely N-dealkylation sites (N-methyl/N-ethyl adjacent to an activating group) is 3. The first-order valence-electron chi connectivity index (χ1n) is 15.9. The van der Waals surface area contributed by atoms with Crippen molar-refractivity contribution in [2.45, 2.75) is 44.0 Å². The molecule has 6 atom stereocenters. The molecule has 3 aromatic rings. The minimum absolute atomic E-state index is 0.170. The number of carbonyl (C=O) groups excluding carboxylic acids is 4. The van der Waals surface area contributed by atoms with Crippen molar-refractivity contribution in [1.82, 2.24) is 24.2 Å². The molecule has 2 aromatic carbocycles. The number of aliphatic hydroxyl groups is 2. The molecule has 4 amide bonds. The molecule has 264 valence electrons. The van der Waals surface area contributed by atoms with Crippen molar-refractivity contribution >= 4 is 95.2 Å². The number of piperazine rings is 2. The maximum Gasteiger partial charge on any atom is 0.265 e. The summed E-state index contributed by atoms with van der Waals surface area (Å²) in [7, 11) is 8.72. The fourth-order valence-corrected chi connectivity index (χ4v) is 16.3. The molecular weight excluding hydrogens is 737 g/mol. The summed E-state index contributed by atoms with van der Waals surface area (Å²) in [6, 6.07) is 15.8. The molecule has 17 heteroatoms. The van der Waals surface area contributed by atoms with Crippen molar-refractivity contribution in [2.75, 3.05) is 52.2 Å². The Labute approximate surface area is 309 Å². The maximum absolute atomic E-state index is 14.7. The third kappa shape index (κ3) is 3.84. The molecular formula is C33H36N6O6S5. The number of benzene rings is 2. The van der Waals surface area contributed by atoms with Crippen molar-refractivity contribution in [3.05, 3.63) is 65.9 Å². The fourth-order valence-electron chi connectivity index (χ4n) is 8.69. The van der Waals surface area contributed by atoms with E-state index in [0.717, 1.165) is 39.5 Å². The molecule has 12 nitrogen and oxygen atoms in total. The summed E-state index contributed by atoms with van der Waals surface area (Å²) in [5.74, 6) is -1.21. The summed E-state index contributed by atoms with van der Waals surface area (Å²) in [5, 5.41) is 25.5. The van der Waals surface area contributed by atoms with Crippen LogP contribution in [0.3, 0.4) is 0 Å². The number of amides is 4. The number of aliphatic hydroxyl groups excluding tert-OH is 2. The lowest BCUT2D eigenvalue weighted by atomic mass is 9.86. The Kier molecular flexibility index (Phi) is 7.86. The van der Waals surface area contributed by atoms with Gasteiger partial charge in [-0.1, -0.05) is 36.4 Å². The van der Waals surface area contributed by atoms with Crippen LogP contribution < -0.4 is 5.32 Å². The van der Waals surface area contributed by atoms with Crippen LogP contribution in [0.4, 0.5) is 5.69 Å². The highest BCUT2D eigenvalue weighted by Crippen LogP contribution is 2.69. The van der Waals surface area contributed by atoms with E-state index in [0.29, 0.717) is 0 Å². The molecule has 6 aliphatic heterocycles. The quantitative estimate of drug-likeness (QED) is 0.305. The molecule has 0 aliphatic carbocycles. The Balaban J connectivity index is 1.34. The van der Waals surface area contributed by atoms with Gasteiger partial charge in [-0.05, 0) is 61.6 Å². The molecule has 6 aliphatic rings. The number of hydrogen-bond donors (Lipinski definition) is 3. The highest BCUT2D eigenvalue weighted by Gasteiger charge is 2.77. The van der Waals surface area contributed by atoms with Crippen molar-refractivity contribution in [3.8, 4) is 0 Å². The van der Waals surface area contributed by atoms with Gasteiger partial charge >= 0.3 is 0 Å². The van der Waals surface area contributed by atoms with Gasteiger partial charge in [-0.3, -0.25) is 24.1 Å². The number of thioether (sulfide) groups is 2. The number of aromatic nitrogens is 1.